The van der Waals surface area contributed by atoms with Crippen molar-refractivity contribution in [3.05, 3.63) is 23.9 Å². The molecule has 1 saturated heterocycles. The highest BCUT2D eigenvalue weighted by molar-refractivity contribution is 7.88. The van der Waals surface area contributed by atoms with Crippen LogP contribution >= 0.6 is 0 Å². The first-order valence-electron chi connectivity index (χ1n) is 6.29. The summed E-state index contributed by atoms with van der Waals surface area (Å²) in [6.45, 7) is 0.955. The first-order valence-corrected chi connectivity index (χ1v) is 8.14. The number of carbonyl (C=O) groups is 1. The molecule has 0 unspecified atom stereocenters. The maximum Gasteiger partial charge on any atom is 0.354 e. The van der Waals surface area contributed by atoms with Crippen LogP contribution in [-0.4, -0.2) is 54.2 Å². The molecule has 0 bridgehead atoms. The van der Waals surface area contributed by atoms with Crippen molar-refractivity contribution in [3.8, 4) is 0 Å². The molecule has 2 rings (SSSR count). The van der Waals surface area contributed by atoms with Crippen LogP contribution in [0, 0.1) is 0 Å². The van der Waals surface area contributed by atoms with Crippen LogP contribution in [0.15, 0.2) is 18.2 Å². The molecule has 1 aliphatic rings. The number of sulfonamides is 1. The fourth-order valence-electron chi connectivity index (χ4n) is 2.32. The second kappa shape index (κ2) is 5.76. The highest BCUT2D eigenvalue weighted by Gasteiger charge is 2.31. The van der Waals surface area contributed by atoms with Crippen molar-refractivity contribution < 1.29 is 18.3 Å². The van der Waals surface area contributed by atoms with Gasteiger partial charge < -0.3 is 10.4 Å². The molecular weight excluding hydrogens is 282 g/mol. The summed E-state index contributed by atoms with van der Waals surface area (Å²) >= 11 is 0. The van der Waals surface area contributed by atoms with Gasteiger partial charge in [-0.1, -0.05) is 6.07 Å². The third-order valence-electron chi connectivity index (χ3n) is 3.24. The van der Waals surface area contributed by atoms with E-state index in [4.69, 9.17) is 5.11 Å². The lowest BCUT2D eigenvalue weighted by Gasteiger charge is -2.22. The molecule has 1 atom stereocenters. The van der Waals surface area contributed by atoms with E-state index in [9.17, 15) is 13.2 Å². The quantitative estimate of drug-likeness (QED) is 0.826. The lowest BCUT2D eigenvalue weighted by atomic mass is 10.2. The Labute approximate surface area is 117 Å². The number of hydrogen-bond donors (Lipinski definition) is 2. The summed E-state index contributed by atoms with van der Waals surface area (Å²) in [5.74, 6) is -0.655. The topological polar surface area (TPSA) is 99.6 Å². The molecular formula is C12H17N3O4S. The maximum atomic E-state index is 11.6. The van der Waals surface area contributed by atoms with Crippen molar-refractivity contribution in [2.75, 3.05) is 24.7 Å². The molecule has 110 valence electrons. The normalized spacial score (nSPS) is 19.9. The van der Waals surface area contributed by atoms with Crippen LogP contribution in [-0.2, 0) is 10.0 Å². The van der Waals surface area contributed by atoms with E-state index in [-0.39, 0.29) is 11.7 Å². The number of rotatable bonds is 5. The van der Waals surface area contributed by atoms with Gasteiger partial charge >= 0.3 is 5.97 Å². The zero-order chi connectivity index (χ0) is 14.8. The number of carboxylic acid groups (broad SMARTS) is 1. The van der Waals surface area contributed by atoms with E-state index in [1.165, 1.54) is 16.6 Å². The average molecular weight is 299 g/mol. The van der Waals surface area contributed by atoms with Gasteiger partial charge in [0.15, 0.2) is 5.69 Å². The SMILES string of the molecule is CS(=O)(=O)N1CCC[C@@H]1CNc1cccc(C(=O)O)n1. The van der Waals surface area contributed by atoms with E-state index in [1.807, 2.05) is 0 Å². The maximum absolute atomic E-state index is 11.6. The van der Waals surface area contributed by atoms with E-state index in [1.54, 1.807) is 12.1 Å². The van der Waals surface area contributed by atoms with Crippen LogP contribution in [0.4, 0.5) is 5.82 Å². The zero-order valence-corrected chi connectivity index (χ0v) is 11.9. The molecule has 1 aliphatic heterocycles. The highest BCUT2D eigenvalue weighted by atomic mass is 32.2. The van der Waals surface area contributed by atoms with Gasteiger partial charge in [0.1, 0.15) is 5.82 Å². The predicted octanol–water partition coefficient (Wildman–Crippen LogP) is 0.616. The van der Waals surface area contributed by atoms with Gasteiger partial charge in [0.05, 0.1) is 6.26 Å². The molecule has 7 nitrogen and oxygen atoms in total. The van der Waals surface area contributed by atoms with Gasteiger partial charge in [0.25, 0.3) is 0 Å². The number of nitrogens with zero attached hydrogens (tertiary/aromatic N) is 2. The van der Waals surface area contributed by atoms with Crippen molar-refractivity contribution in [3.63, 3.8) is 0 Å². The van der Waals surface area contributed by atoms with Crippen molar-refractivity contribution in [1.82, 2.24) is 9.29 Å². The summed E-state index contributed by atoms with van der Waals surface area (Å²) in [5, 5.41) is 11.9. The number of aromatic nitrogens is 1. The number of aromatic carboxylic acids is 1. The summed E-state index contributed by atoms with van der Waals surface area (Å²) in [4.78, 5) is 14.8. The fourth-order valence-corrected chi connectivity index (χ4v) is 3.51. The fraction of sp³-hybridized carbons (Fsp3) is 0.500. The largest absolute Gasteiger partial charge is 0.477 e. The second-order valence-corrected chi connectivity index (χ2v) is 6.70. The summed E-state index contributed by atoms with van der Waals surface area (Å²) in [5.41, 5.74) is -0.0404. The number of anilines is 1. The number of nitrogens with one attached hydrogen (secondary N) is 1. The molecule has 0 spiro atoms. The van der Waals surface area contributed by atoms with Crippen LogP contribution in [0.3, 0.4) is 0 Å². The number of carboxylic acids is 1. The first kappa shape index (κ1) is 14.7. The van der Waals surface area contributed by atoms with Crippen LogP contribution in [0.25, 0.3) is 0 Å². The van der Waals surface area contributed by atoms with Crippen molar-refractivity contribution >= 4 is 21.8 Å². The van der Waals surface area contributed by atoms with Gasteiger partial charge in [0, 0.05) is 19.1 Å². The molecule has 8 heteroatoms. The van der Waals surface area contributed by atoms with Crippen LogP contribution in [0.1, 0.15) is 23.3 Å². The average Bonchev–Trinajstić information content (AvgIpc) is 2.85. The van der Waals surface area contributed by atoms with Gasteiger partial charge in [0.2, 0.25) is 10.0 Å². The Bertz CT molecular complexity index is 602. The highest BCUT2D eigenvalue weighted by Crippen LogP contribution is 2.20. The molecule has 0 radical (unpaired) electrons. The van der Waals surface area contributed by atoms with Crippen LogP contribution in [0.5, 0.6) is 0 Å². The zero-order valence-electron chi connectivity index (χ0n) is 11.1. The second-order valence-electron chi connectivity index (χ2n) is 4.76. The predicted molar refractivity (Wildman–Crippen MR) is 74.3 cm³/mol. The summed E-state index contributed by atoms with van der Waals surface area (Å²) in [6, 6.07) is 4.56. The first-order chi connectivity index (χ1) is 9.38. The lowest BCUT2D eigenvalue weighted by molar-refractivity contribution is 0.0690. The van der Waals surface area contributed by atoms with E-state index in [0.717, 1.165) is 12.8 Å². The minimum absolute atomic E-state index is 0.0404. The van der Waals surface area contributed by atoms with E-state index < -0.39 is 16.0 Å². The summed E-state index contributed by atoms with van der Waals surface area (Å²) in [6.07, 6.45) is 2.83. The molecule has 1 aromatic heterocycles. The molecule has 0 amide bonds. The van der Waals surface area contributed by atoms with E-state index in [0.29, 0.717) is 18.9 Å². The summed E-state index contributed by atoms with van der Waals surface area (Å²) in [7, 11) is -3.20. The monoisotopic (exact) mass is 299 g/mol. The Morgan fingerprint density at radius 3 is 2.95 bits per heavy atom. The van der Waals surface area contributed by atoms with Crippen molar-refractivity contribution in [2.45, 2.75) is 18.9 Å². The third-order valence-corrected chi connectivity index (χ3v) is 4.57. The Morgan fingerprint density at radius 1 is 1.55 bits per heavy atom. The molecule has 0 saturated carbocycles. The van der Waals surface area contributed by atoms with Crippen LogP contribution < -0.4 is 5.32 Å². The van der Waals surface area contributed by atoms with Gasteiger partial charge in [-0.15, -0.1) is 0 Å². The van der Waals surface area contributed by atoms with Gasteiger partial charge in [-0.2, -0.15) is 4.31 Å². The molecule has 2 heterocycles. The van der Waals surface area contributed by atoms with E-state index in [2.05, 4.69) is 10.3 Å². The Morgan fingerprint density at radius 2 is 2.30 bits per heavy atom. The Kier molecular flexibility index (Phi) is 4.24. The Hall–Kier alpha value is -1.67. The molecule has 2 N–H and O–H groups in total. The standard InChI is InChI=1S/C12H17N3O4S/c1-20(18,19)15-7-3-4-9(15)8-13-11-6-2-5-10(14-11)12(16)17/h2,5-6,9H,3-4,7-8H2,1H3,(H,13,14)(H,16,17)/t9-/m1/s1. The lowest BCUT2D eigenvalue weighted by Crippen LogP contribution is -2.38. The minimum Gasteiger partial charge on any atom is -0.477 e. The van der Waals surface area contributed by atoms with Gasteiger partial charge in [-0.25, -0.2) is 18.2 Å². The molecule has 0 aromatic carbocycles. The summed E-state index contributed by atoms with van der Waals surface area (Å²) < 4.78 is 24.7. The Balaban J connectivity index is 2.02. The number of pyridine rings is 1. The molecule has 0 aliphatic carbocycles. The minimum atomic E-state index is -3.20. The molecule has 1 aromatic rings. The van der Waals surface area contributed by atoms with E-state index >= 15 is 0 Å². The molecule has 20 heavy (non-hydrogen) atoms. The van der Waals surface area contributed by atoms with Gasteiger partial charge in [-0.05, 0) is 25.0 Å². The third kappa shape index (κ3) is 3.45. The van der Waals surface area contributed by atoms with Crippen molar-refractivity contribution in [1.29, 1.82) is 0 Å². The number of hydrogen-bond acceptors (Lipinski definition) is 5. The van der Waals surface area contributed by atoms with Crippen molar-refractivity contribution in [2.24, 2.45) is 0 Å². The van der Waals surface area contributed by atoms with Crippen LogP contribution in [0.2, 0.25) is 0 Å². The molecule has 1 fully saturated rings. The van der Waals surface area contributed by atoms with Gasteiger partial charge in [-0.3, -0.25) is 0 Å². The smallest absolute Gasteiger partial charge is 0.354 e.